The molecule has 1 fully saturated rings. The zero-order valence-corrected chi connectivity index (χ0v) is 18.8. The molecule has 0 amide bonds. The minimum absolute atomic E-state index is 0.0417. The first kappa shape index (κ1) is 20.6. The van der Waals surface area contributed by atoms with E-state index in [2.05, 4.69) is 27.3 Å². The summed E-state index contributed by atoms with van der Waals surface area (Å²) in [4.78, 5) is 17.2. The number of hydrogen-bond acceptors (Lipinski definition) is 5. The number of ketones is 1. The average Bonchev–Trinajstić information content (AvgIpc) is 3.55. The normalized spacial score (nSPS) is 25.2. The standard InChI is InChI=1S/C27H25N5O2/c1-17-23-10-9-22-24(19-13-29-32(15-19)21-8-5-11-28-14-21)30-31-26(22)27(23,12-18(16-33)25(17)34)20-6-3-2-4-7-20/h2-8,11,13-17,23,33H,9-10,12H2,1H3,(H,30,31)/b18-16-/t17-,23-,27+/m0/s1. The molecule has 0 spiro atoms. The largest absolute Gasteiger partial charge is 0.515 e. The number of aromatic nitrogens is 5. The number of benzene rings is 1. The van der Waals surface area contributed by atoms with Crippen LogP contribution in [0.4, 0.5) is 0 Å². The highest BCUT2D eigenvalue weighted by Gasteiger charge is 2.55. The topological polar surface area (TPSA) is 96.7 Å². The summed E-state index contributed by atoms with van der Waals surface area (Å²) in [7, 11) is 0. The first-order chi connectivity index (χ1) is 16.6. The third-order valence-electron chi connectivity index (χ3n) is 7.67. The molecule has 0 radical (unpaired) electrons. The number of allylic oxidation sites excluding steroid dienone is 1. The number of carbonyl (C=O) groups is 1. The number of rotatable bonds is 3. The van der Waals surface area contributed by atoms with Crippen molar-refractivity contribution < 1.29 is 9.90 Å². The van der Waals surface area contributed by atoms with E-state index in [0.717, 1.165) is 52.9 Å². The molecule has 2 N–H and O–H groups in total. The van der Waals surface area contributed by atoms with Gasteiger partial charge in [0.15, 0.2) is 5.78 Å². The van der Waals surface area contributed by atoms with Crippen molar-refractivity contribution >= 4 is 5.78 Å². The smallest absolute Gasteiger partial charge is 0.165 e. The van der Waals surface area contributed by atoms with E-state index in [-0.39, 0.29) is 17.6 Å². The summed E-state index contributed by atoms with van der Waals surface area (Å²) < 4.78 is 1.80. The number of nitrogens with zero attached hydrogens (tertiary/aromatic N) is 4. The maximum atomic E-state index is 13.0. The minimum Gasteiger partial charge on any atom is -0.515 e. The van der Waals surface area contributed by atoms with Crippen LogP contribution in [-0.4, -0.2) is 35.9 Å². The van der Waals surface area contributed by atoms with Gasteiger partial charge in [-0.15, -0.1) is 0 Å². The van der Waals surface area contributed by atoms with Crippen LogP contribution in [0.2, 0.25) is 0 Å². The van der Waals surface area contributed by atoms with Gasteiger partial charge in [0, 0.05) is 40.4 Å². The second-order valence-electron chi connectivity index (χ2n) is 9.28. The molecular formula is C27H25N5O2. The van der Waals surface area contributed by atoms with Gasteiger partial charge in [0.2, 0.25) is 0 Å². The van der Waals surface area contributed by atoms with Crippen LogP contribution in [0.25, 0.3) is 16.9 Å². The van der Waals surface area contributed by atoms with Gasteiger partial charge < -0.3 is 5.11 Å². The van der Waals surface area contributed by atoms with Crippen LogP contribution in [0.3, 0.4) is 0 Å². The van der Waals surface area contributed by atoms with E-state index in [4.69, 9.17) is 5.10 Å². The monoisotopic (exact) mass is 451 g/mol. The molecule has 3 aromatic heterocycles. The van der Waals surface area contributed by atoms with Crippen molar-refractivity contribution in [1.82, 2.24) is 25.0 Å². The number of aliphatic hydroxyl groups excluding tert-OH is 1. The molecule has 0 unspecified atom stereocenters. The Morgan fingerprint density at radius 2 is 2.03 bits per heavy atom. The molecule has 7 heteroatoms. The Kier molecular flexibility index (Phi) is 4.72. The molecule has 1 saturated carbocycles. The fourth-order valence-corrected chi connectivity index (χ4v) is 6.09. The summed E-state index contributed by atoms with van der Waals surface area (Å²) in [6, 6.07) is 14.2. The van der Waals surface area contributed by atoms with E-state index in [1.54, 1.807) is 17.1 Å². The van der Waals surface area contributed by atoms with Crippen LogP contribution in [0.1, 0.15) is 36.6 Å². The third-order valence-corrected chi connectivity index (χ3v) is 7.67. The molecule has 6 rings (SSSR count). The van der Waals surface area contributed by atoms with Gasteiger partial charge in [-0.2, -0.15) is 10.2 Å². The van der Waals surface area contributed by atoms with Gasteiger partial charge >= 0.3 is 0 Å². The lowest BCUT2D eigenvalue weighted by molar-refractivity contribution is -0.123. The SMILES string of the molecule is C[C@@H]1C(=O)/C(=C\O)C[C@]2(c3ccccc3)c3[nH]nc(-c4cnn(-c5cccnc5)c4)c3CC[C@@H]12. The highest BCUT2D eigenvalue weighted by Crippen LogP contribution is 2.56. The van der Waals surface area contributed by atoms with Gasteiger partial charge in [-0.1, -0.05) is 37.3 Å². The molecule has 170 valence electrons. The van der Waals surface area contributed by atoms with Gasteiger partial charge in [0.1, 0.15) is 0 Å². The number of carbonyl (C=O) groups excluding carboxylic acids is 1. The second-order valence-corrected chi connectivity index (χ2v) is 9.28. The Hall–Kier alpha value is -4.00. The van der Waals surface area contributed by atoms with Crippen molar-refractivity contribution in [3.63, 3.8) is 0 Å². The van der Waals surface area contributed by atoms with Gasteiger partial charge in [0.05, 0.1) is 35.7 Å². The molecule has 0 aliphatic heterocycles. The summed E-state index contributed by atoms with van der Waals surface area (Å²) in [5, 5.41) is 22.6. The number of Topliss-reactive ketones (excluding diaryl/α,β-unsaturated/α-hetero) is 1. The molecule has 3 heterocycles. The van der Waals surface area contributed by atoms with E-state index in [0.29, 0.717) is 12.0 Å². The Labute approximate surface area is 197 Å². The van der Waals surface area contributed by atoms with E-state index in [9.17, 15) is 9.90 Å². The van der Waals surface area contributed by atoms with Crippen molar-refractivity contribution in [2.75, 3.05) is 0 Å². The molecule has 0 saturated heterocycles. The highest BCUT2D eigenvalue weighted by atomic mass is 16.2. The Bertz CT molecular complexity index is 1390. The molecule has 1 aromatic carbocycles. The van der Waals surface area contributed by atoms with E-state index < -0.39 is 5.41 Å². The summed E-state index contributed by atoms with van der Waals surface area (Å²) in [6.45, 7) is 1.99. The zero-order chi connectivity index (χ0) is 23.3. The van der Waals surface area contributed by atoms with Gasteiger partial charge in [-0.25, -0.2) is 4.68 Å². The van der Waals surface area contributed by atoms with Crippen LogP contribution in [0.15, 0.2) is 79.1 Å². The number of aliphatic hydroxyl groups is 1. The van der Waals surface area contributed by atoms with Gasteiger partial charge in [-0.3, -0.25) is 14.9 Å². The van der Waals surface area contributed by atoms with E-state index >= 15 is 0 Å². The van der Waals surface area contributed by atoms with Crippen molar-refractivity contribution in [3.05, 3.63) is 95.9 Å². The number of fused-ring (bicyclic) bond motifs is 3. The minimum atomic E-state index is -0.457. The van der Waals surface area contributed by atoms with Gasteiger partial charge in [0.25, 0.3) is 0 Å². The lowest BCUT2D eigenvalue weighted by atomic mass is 9.52. The fourth-order valence-electron chi connectivity index (χ4n) is 6.09. The molecule has 3 atom stereocenters. The van der Waals surface area contributed by atoms with Gasteiger partial charge in [-0.05, 0) is 42.9 Å². The first-order valence-corrected chi connectivity index (χ1v) is 11.6. The number of pyridine rings is 1. The number of hydrogen-bond donors (Lipinski definition) is 2. The summed E-state index contributed by atoms with van der Waals surface area (Å²) in [5.74, 6) is -0.0365. The van der Waals surface area contributed by atoms with Crippen molar-refractivity contribution in [3.8, 4) is 16.9 Å². The predicted molar refractivity (Wildman–Crippen MR) is 127 cm³/mol. The van der Waals surface area contributed by atoms with E-state index in [1.807, 2.05) is 49.6 Å². The molecule has 34 heavy (non-hydrogen) atoms. The maximum absolute atomic E-state index is 13.0. The Balaban J connectivity index is 1.51. The van der Waals surface area contributed by atoms with Crippen molar-refractivity contribution in [2.45, 2.75) is 31.6 Å². The average molecular weight is 452 g/mol. The van der Waals surface area contributed by atoms with E-state index in [1.165, 1.54) is 0 Å². The van der Waals surface area contributed by atoms with Crippen LogP contribution >= 0.6 is 0 Å². The van der Waals surface area contributed by atoms with Crippen LogP contribution in [-0.2, 0) is 16.6 Å². The quantitative estimate of drug-likeness (QED) is 0.352. The molecule has 7 nitrogen and oxygen atoms in total. The number of aromatic amines is 1. The molecular weight excluding hydrogens is 426 g/mol. The lowest BCUT2D eigenvalue weighted by Crippen LogP contribution is -2.50. The first-order valence-electron chi connectivity index (χ1n) is 11.6. The maximum Gasteiger partial charge on any atom is 0.165 e. The summed E-state index contributed by atoms with van der Waals surface area (Å²) in [6.07, 6.45) is 10.5. The van der Waals surface area contributed by atoms with Crippen LogP contribution in [0.5, 0.6) is 0 Å². The molecule has 2 aliphatic carbocycles. The van der Waals surface area contributed by atoms with Crippen LogP contribution < -0.4 is 0 Å². The zero-order valence-electron chi connectivity index (χ0n) is 18.8. The summed E-state index contributed by atoms with van der Waals surface area (Å²) >= 11 is 0. The summed E-state index contributed by atoms with van der Waals surface area (Å²) in [5.41, 5.74) is 6.06. The second kappa shape index (κ2) is 7.80. The Morgan fingerprint density at radius 3 is 2.79 bits per heavy atom. The highest BCUT2D eigenvalue weighted by molar-refractivity contribution is 5.98. The van der Waals surface area contributed by atoms with Crippen LogP contribution in [0, 0.1) is 11.8 Å². The molecule has 0 bridgehead atoms. The lowest BCUT2D eigenvalue weighted by Gasteiger charge is -2.50. The Morgan fingerprint density at radius 1 is 1.18 bits per heavy atom. The third kappa shape index (κ3) is 2.89. The predicted octanol–water partition coefficient (Wildman–Crippen LogP) is 4.56. The molecule has 4 aromatic rings. The molecule has 2 aliphatic rings. The number of nitrogens with one attached hydrogen (secondary N) is 1. The number of H-pyrrole nitrogens is 1. The van der Waals surface area contributed by atoms with Crippen molar-refractivity contribution in [1.29, 1.82) is 0 Å². The van der Waals surface area contributed by atoms with Crippen molar-refractivity contribution in [2.24, 2.45) is 11.8 Å². The fraction of sp³-hybridized carbons (Fsp3) is 0.259.